The predicted octanol–water partition coefficient (Wildman–Crippen LogP) is 5.65. The van der Waals surface area contributed by atoms with Crippen molar-refractivity contribution in [1.82, 2.24) is 5.32 Å². The first kappa shape index (κ1) is 22.2. The van der Waals surface area contributed by atoms with E-state index in [1.165, 1.54) is 30.4 Å². The van der Waals surface area contributed by atoms with Gasteiger partial charge in [0.2, 0.25) is 5.91 Å². The molecule has 3 aromatic rings. The second-order valence-corrected chi connectivity index (χ2v) is 7.51. The highest BCUT2D eigenvalue weighted by Crippen LogP contribution is 2.27. The zero-order chi connectivity index (χ0) is 22.5. The number of benzene rings is 2. The van der Waals surface area contributed by atoms with Crippen LogP contribution in [0.4, 0.5) is 11.4 Å². The molecule has 0 atom stereocenters. The van der Waals surface area contributed by atoms with Gasteiger partial charge in [0, 0.05) is 34.5 Å². The molecule has 0 saturated carbocycles. The van der Waals surface area contributed by atoms with Crippen LogP contribution in [0.2, 0.25) is 5.02 Å². The van der Waals surface area contributed by atoms with Crippen LogP contribution < -0.4 is 10.6 Å². The van der Waals surface area contributed by atoms with Gasteiger partial charge >= 0.3 is 0 Å². The Labute approximate surface area is 188 Å². The topological polar surface area (TPSA) is 97.4 Å². The van der Waals surface area contributed by atoms with E-state index in [1.54, 1.807) is 19.1 Å². The number of halogens is 1. The molecule has 0 bridgehead atoms. The lowest BCUT2D eigenvalue weighted by molar-refractivity contribution is -0.384. The van der Waals surface area contributed by atoms with E-state index in [0.29, 0.717) is 27.8 Å². The van der Waals surface area contributed by atoms with Crippen LogP contribution in [0.5, 0.6) is 0 Å². The molecule has 0 aliphatic heterocycles. The third-order valence-corrected chi connectivity index (χ3v) is 5.00. The van der Waals surface area contributed by atoms with Crippen LogP contribution in [0.1, 0.15) is 16.9 Å². The van der Waals surface area contributed by atoms with Crippen LogP contribution in [0.15, 0.2) is 59.0 Å². The Morgan fingerprint density at radius 2 is 1.90 bits per heavy atom. The van der Waals surface area contributed by atoms with E-state index in [-0.39, 0.29) is 10.8 Å². The van der Waals surface area contributed by atoms with E-state index in [2.05, 4.69) is 10.6 Å². The van der Waals surface area contributed by atoms with Crippen molar-refractivity contribution < 1.29 is 14.1 Å². The molecule has 2 aromatic carbocycles. The summed E-state index contributed by atoms with van der Waals surface area (Å²) in [5.41, 5.74) is 2.98. The fraction of sp³-hybridized carbons (Fsp3) is 0.0909. The van der Waals surface area contributed by atoms with Gasteiger partial charge in [-0.05, 0) is 67.5 Å². The molecule has 31 heavy (non-hydrogen) atoms. The van der Waals surface area contributed by atoms with Crippen LogP contribution in [0.25, 0.3) is 17.4 Å². The van der Waals surface area contributed by atoms with E-state index in [0.717, 1.165) is 11.1 Å². The normalized spacial score (nSPS) is 10.8. The molecule has 0 unspecified atom stereocenters. The predicted molar refractivity (Wildman–Crippen MR) is 125 cm³/mol. The lowest BCUT2D eigenvalue weighted by Crippen LogP contribution is -2.33. The van der Waals surface area contributed by atoms with Gasteiger partial charge in [-0.3, -0.25) is 20.2 Å². The number of thiocarbonyl (C=S) groups is 1. The maximum absolute atomic E-state index is 12.1. The highest BCUT2D eigenvalue weighted by molar-refractivity contribution is 7.80. The van der Waals surface area contributed by atoms with Crippen LogP contribution in [0, 0.1) is 24.0 Å². The smallest absolute Gasteiger partial charge is 0.269 e. The molecule has 0 spiro atoms. The zero-order valence-electron chi connectivity index (χ0n) is 16.6. The molecule has 1 aromatic heterocycles. The zero-order valence-corrected chi connectivity index (χ0v) is 18.2. The summed E-state index contributed by atoms with van der Waals surface area (Å²) in [6.07, 6.45) is 2.82. The number of furan rings is 1. The fourth-order valence-corrected chi connectivity index (χ4v) is 3.10. The number of non-ortho nitro benzene ring substituents is 1. The van der Waals surface area contributed by atoms with Gasteiger partial charge in [-0.15, -0.1) is 0 Å². The summed E-state index contributed by atoms with van der Waals surface area (Å²) in [7, 11) is 0. The van der Waals surface area contributed by atoms with Crippen molar-refractivity contribution in [2.24, 2.45) is 0 Å². The average molecular weight is 456 g/mol. The molecular formula is C22H18ClN3O4S. The SMILES string of the molecule is Cc1ccc(-c2ccc(/C=C/C(=O)NC(=S)Nc3ccc([N+](=O)[O-])cc3C)o2)cc1Cl. The molecule has 1 heterocycles. The first-order chi connectivity index (χ1) is 14.7. The third kappa shape index (κ3) is 5.78. The molecule has 1 amide bonds. The van der Waals surface area contributed by atoms with Crippen molar-refractivity contribution in [3.05, 3.63) is 86.6 Å². The average Bonchev–Trinajstić information content (AvgIpc) is 3.19. The molecule has 7 nitrogen and oxygen atoms in total. The van der Waals surface area contributed by atoms with Gasteiger partial charge in [0.15, 0.2) is 5.11 Å². The summed E-state index contributed by atoms with van der Waals surface area (Å²) in [6, 6.07) is 13.5. The number of amides is 1. The van der Waals surface area contributed by atoms with Crippen LogP contribution >= 0.6 is 23.8 Å². The first-order valence-corrected chi connectivity index (χ1v) is 9.93. The molecule has 158 valence electrons. The second kappa shape index (κ2) is 9.55. The number of nitro groups is 1. The van der Waals surface area contributed by atoms with Crippen LogP contribution in [-0.4, -0.2) is 15.9 Å². The third-order valence-electron chi connectivity index (χ3n) is 4.39. The van der Waals surface area contributed by atoms with Gasteiger partial charge in [0.05, 0.1) is 4.92 Å². The summed E-state index contributed by atoms with van der Waals surface area (Å²) in [6.45, 7) is 3.62. The van der Waals surface area contributed by atoms with Gasteiger partial charge in [0.25, 0.3) is 5.69 Å². The van der Waals surface area contributed by atoms with E-state index in [1.807, 2.05) is 25.1 Å². The van der Waals surface area contributed by atoms with Crippen LogP contribution in [0.3, 0.4) is 0 Å². The second-order valence-electron chi connectivity index (χ2n) is 6.70. The van der Waals surface area contributed by atoms with Crippen molar-refractivity contribution in [2.75, 3.05) is 5.32 Å². The van der Waals surface area contributed by atoms with Crippen molar-refractivity contribution in [3.63, 3.8) is 0 Å². The number of hydrogen-bond acceptors (Lipinski definition) is 5. The summed E-state index contributed by atoms with van der Waals surface area (Å²) in [5.74, 6) is 0.674. The molecule has 0 saturated heterocycles. The Morgan fingerprint density at radius 3 is 2.58 bits per heavy atom. The highest BCUT2D eigenvalue weighted by Gasteiger charge is 2.10. The van der Waals surface area contributed by atoms with E-state index < -0.39 is 10.8 Å². The minimum Gasteiger partial charge on any atom is -0.457 e. The van der Waals surface area contributed by atoms with E-state index >= 15 is 0 Å². The maximum Gasteiger partial charge on any atom is 0.269 e. The number of rotatable bonds is 5. The quantitative estimate of drug-likeness (QED) is 0.223. The minimum atomic E-state index is -0.477. The van der Waals surface area contributed by atoms with Crippen molar-refractivity contribution in [1.29, 1.82) is 0 Å². The number of anilines is 1. The number of nitro benzene ring substituents is 1. The highest BCUT2D eigenvalue weighted by atomic mass is 35.5. The molecule has 0 fully saturated rings. The van der Waals surface area contributed by atoms with E-state index in [9.17, 15) is 14.9 Å². The molecule has 9 heteroatoms. The van der Waals surface area contributed by atoms with Crippen molar-refractivity contribution in [3.8, 4) is 11.3 Å². The lowest BCUT2D eigenvalue weighted by Gasteiger charge is -2.10. The molecule has 0 aliphatic carbocycles. The summed E-state index contributed by atoms with van der Waals surface area (Å²) in [4.78, 5) is 22.5. The Kier molecular flexibility index (Phi) is 6.84. The van der Waals surface area contributed by atoms with Gasteiger partial charge < -0.3 is 9.73 Å². The Balaban J connectivity index is 1.59. The number of nitrogens with zero attached hydrogens (tertiary/aromatic N) is 1. The fourth-order valence-electron chi connectivity index (χ4n) is 2.71. The summed E-state index contributed by atoms with van der Waals surface area (Å²) < 4.78 is 5.73. The number of aryl methyl sites for hydroxylation is 2. The van der Waals surface area contributed by atoms with Gasteiger partial charge in [-0.1, -0.05) is 23.7 Å². The Hall–Kier alpha value is -3.49. The molecule has 0 aliphatic rings. The van der Waals surface area contributed by atoms with Gasteiger partial charge in [-0.2, -0.15) is 0 Å². The van der Waals surface area contributed by atoms with Gasteiger partial charge in [-0.25, -0.2) is 0 Å². The number of carbonyl (C=O) groups is 1. The molecule has 3 rings (SSSR count). The minimum absolute atomic E-state index is 0.0216. The molecule has 0 radical (unpaired) electrons. The lowest BCUT2D eigenvalue weighted by atomic mass is 10.1. The number of carbonyl (C=O) groups excluding carboxylic acids is 1. The first-order valence-electron chi connectivity index (χ1n) is 9.14. The Bertz CT molecular complexity index is 1200. The number of nitrogens with one attached hydrogen (secondary N) is 2. The van der Waals surface area contributed by atoms with Crippen LogP contribution in [-0.2, 0) is 4.79 Å². The largest absolute Gasteiger partial charge is 0.457 e. The maximum atomic E-state index is 12.1. The standard InChI is InChI=1S/C22H18ClN3O4S/c1-13-3-4-15(12-18(13)23)20-9-6-17(30-20)7-10-21(27)25-22(31)24-19-8-5-16(26(28)29)11-14(19)2/h3-12H,1-2H3,(H2,24,25,27,31)/b10-7+. The van der Waals surface area contributed by atoms with E-state index in [4.69, 9.17) is 28.2 Å². The summed E-state index contributed by atoms with van der Waals surface area (Å²) >= 11 is 11.3. The molecule has 2 N–H and O–H groups in total. The van der Waals surface area contributed by atoms with Crippen molar-refractivity contribution in [2.45, 2.75) is 13.8 Å². The number of hydrogen-bond donors (Lipinski definition) is 2. The summed E-state index contributed by atoms with van der Waals surface area (Å²) in [5, 5.41) is 16.9. The van der Waals surface area contributed by atoms with Gasteiger partial charge in [0.1, 0.15) is 11.5 Å². The monoisotopic (exact) mass is 455 g/mol. The molecular weight excluding hydrogens is 438 g/mol. The Morgan fingerprint density at radius 1 is 1.13 bits per heavy atom. The van der Waals surface area contributed by atoms with Crippen molar-refractivity contribution >= 4 is 52.3 Å².